The minimum absolute atomic E-state index is 0.0713. The Morgan fingerprint density at radius 2 is 1.93 bits per heavy atom. The van der Waals surface area contributed by atoms with Gasteiger partial charge in [0.2, 0.25) is 5.91 Å². The standard InChI is InChI=1S/C18H22F3N5O3/c1-3-25-9-12(15(23-25)17(28)29-2)22-14(27)10-26-13-8-6-4-5-7-11(13)16(24-26)18(19,20)21/h9H,3-8,10H2,1-2H3,(H,22,27). The minimum Gasteiger partial charge on any atom is -0.464 e. The summed E-state index contributed by atoms with van der Waals surface area (Å²) in [6, 6.07) is 0. The van der Waals surface area contributed by atoms with Gasteiger partial charge in [-0.15, -0.1) is 0 Å². The third kappa shape index (κ3) is 4.43. The van der Waals surface area contributed by atoms with Gasteiger partial charge in [0.15, 0.2) is 11.4 Å². The van der Waals surface area contributed by atoms with Crippen molar-refractivity contribution in [3.05, 3.63) is 28.8 Å². The van der Waals surface area contributed by atoms with Crippen molar-refractivity contribution in [2.45, 2.75) is 58.3 Å². The zero-order valence-electron chi connectivity index (χ0n) is 16.2. The van der Waals surface area contributed by atoms with Crippen LogP contribution in [0.15, 0.2) is 6.20 Å². The van der Waals surface area contributed by atoms with Crippen molar-refractivity contribution in [3.63, 3.8) is 0 Å². The molecule has 0 fully saturated rings. The summed E-state index contributed by atoms with van der Waals surface area (Å²) in [5.41, 5.74) is -0.230. The number of carbonyl (C=O) groups excluding carboxylic acids is 2. The number of methoxy groups -OCH3 is 1. The van der Waals surface area contributed by atoms with E-state index in [1.807, 2.05) is 0 Å². The zero-order valence-corrected chi connectivity index (χ0v) is 16.2. The van der Waals surface area contributed by atoms with Crippen molar-refractivity contribution in [1.82, 2.24) is 19.6 Å². The van der Waals surface area contributed by atoms with Gasteiger partial charge in [-0.1, -0.05) is 6.42 Å². The number of aryl methyl sites for hydroxylation is 1. The molecule has 0 bridgehead atoms. The molecule has 2 aromatic rings. The second-order valence-corrected chi connectivity index (χ2v) is 6.78. The van der Waals surface area contributed by atoms with Crippen LogP contribution in [0.25, 0.3) is 0 Å². The van der Waals surface area contributed by atoms with Gasteiger partial charge < -0.3 is 10.1 Å². The van der Waals surface area contributed by atoms with Crippen LogP contribution in [0.3, 0.4) is 0 Å². The molecule has 8 nitrogen and oxygen atoms in total. The van der Waals surface area contributed by atoms with Gasteiger partial charge in [-0.2, -0.15) is 23.4 Å². The van der Waals surface area contributed by atoms with E-state index >= 15 is 0 Å². The van der Waals surface area contributed by atoms with Crippen LogP contribution in [0.5, 0.6) is 0 Å². The number of aromatic nitrogens is 4. The predicted octanol–water partition coefficient (Wildman–Crippen LogP) is 2.81. The van der Waals surface area contributed by atoms with Gasteiger partial charge in [0, 0.05) is 24.0 Å². The molecule has 2 heterocycles. The summed E-state index contributed by atoms with van der Waals surface area (Å²) in [4.78, 5) is 24.4. The van der Waals surface area contributed by atoms with Gasteiger partial charge in [0.05, 0.1) is 12.8 Å². The molecule has 0 aromatic carbocycles. The van der Waals surface area contributed by atoms with Crippen molar-refractivity contribution in [3.8, 4) is 0 Å². The summed E-state index contributed by atoms with van der Waals surface area (Å²) in [5.74, 6) is -1.33. The molecule has 0 spiro atoms. The highest BCUT2D eigenvalue weighted by atomic mass is 19.4. The Balaban J connectivity index is 1.86. The third-order valence-corrected chi connectivity index (χ3v) is 4.81. The number of fused-ring (bicyclic) bond motifs is 1. The lowest BCUT2D eigenvalue weighted by Gasteiger charge is -2.08. The summed E-state index contributed by atoms with van der Waals surface area (Å²) in [5, 5.41) is 10.3. The van der Waals surface area contributed by atoms with E-state index in [4.69, 9.17) is 0 Å². The number of ether oxygens (including phenoxy) is 1. The fourth-order valence-electron chi connectivity index (χ4n) is 3.45. The van der Waals surface area contributed by atoms with Gasteiger partial charge in [-0.25, -0.2) is 4.79 Å². The fourth-order valence-corrected chi connectivity index (χ4v) is 3.45. The molecule has 3 rings (SSSR count). The number of esters is 1. The molecular weight excluding hydrogens is 391 g/mol. The molecule has 0 unspecified atom stereocenters. The molecule has 1 aliphatic carbocycles. The van der Waals surface area contributed by atoms with E-state index in [9.17, 15) is 22.8 Å². The lowest BCUT2D eigenvalue weighted by molar-refractivity contribution is -0.142. The number of hydrogen-bond donors (Lipinski definition) is 1. The highest BCUT2D eigenvalue weighted by Crippen LogP contribution is 2.35. The Kier molecular flexibility index (Phi) is 5.94. The lowest BCUT2D eigenvalue weighted by Crippen LogP contribution is -2.22. The Morgan fingerprint density at radius 3 is 2.59 bits per heavy atom. The normalized spacial score (nSPS) is 14.2. The first kappa shape index (κ1) is 20.9. The summed E-state index contributed by atoms with van der Waals surface area (Å²) in [6.07, 6.45) is -0.142. The van der Waals surface area contributed by atoms with Crippen molar-refractivity contribution in [1.29, 1.82) is 0 Å². The number of amides is 1. The maximum atomic E-state index is 13.4. The van der Waals surface area contributed by atoms with E-state index in [-0.39, 0.29) is 16.9 Å². The third-order valence-electron chi connectivity index (χ3n) is 4.81. The molecule has 2 aromatic heterocycles. The minimum atomic E-state index is -4.57. The van der Waals surface area contributed by atoms with Crippen LogP contribution >= 0.6 is 0 Å². The smallest absolute Gasteiger partial charge is 0.435 e. The van der Waals surface area contributed by atoms with E-state index in [2.05, 4.69) is 20.3 Å². The second-order valence-electron chi connectivity index (χ2n) is 6.78. The monoisotopic (exact) mass is 413 g/mol. The zero-order chi connectivity index (χ0) is 21.2. The summed E-state index contributed by atoms with van der Waals surface area (Å²) >= 11 is 0. The van der Waals surface area contributed by atoms with E-state index in [1.54, 1.807) is 6.92 Å². The van der Waals surface area contributed by atoms with Crippen LogP contribution in [0.4, 0.5) is 18.9 Å². The molecule has 1 aliphatic rings. The first-order valence-corrected chi connectivity index (χ1v) is 9.36. The highest BCUT2D eigenvalue weighted by molar-refractivity contribution is 5.99. The number of nitrogens with zero attached hydrogens (tertiary/aromatic N) is 4. The van der Waals surface area contributed by atoms with Crippen LogP contribution in [0.1, 0.15) is 53.6 Å². The average Bonchev–Trinajstić information content (AvgIpc) is 3.13. The molecular formula is C18H22F3N5O3. The number of rotatable bonds is 5. The van der Waals surface area contributed by atoms with E-state index in [0.717, 1.165) is 17.5 Å². The SMILES string of the molecule is CCn1cc(NC(=O)Cn2nc(C(F)(F)F)c3c2CCCCC3)c(C(=O)OC)n1. The Labute approximate surface area is 165 Å². The first-order valence-electron chi connectivity index (χ1n) is 9.36. The van der Waals surface area contributed by atoms with Crippen molar-refractivity contribution < 1.29 is 27.5 Å². The van der Waals surface area contributed by atoms with E-state index < -0.39 is 30.3 Å². The molecule has 29 heavy (non-hydrogen) atoms. The molecule has 0 saturated carbocycles. The number of halogens is 3. The number of hydrogen-bond acceptors (Lipinski definition) is 5. The Hall–Kier alpha value is -2.85. The van der Waals surface area contributed by atoms with Crippen molar-refractivity contribution >= 4 is 17.6 Å². The highest BCUT2D eigenvalue weighted by Gasteiger charge is 2.39. The summed E-state index contributed by atoms with van der Waals surface area (Å²) in [6.45, 7) is 1.87. The maximum absolute atomic E-state index is 13.4. The van der Waals surface area contributed by atoms with Crippen LogP contribution in [0.2, 0.25) is 0 Å². The Bertz CT molecular complexity index is 917. The van der Waals surface area contributed by atoms with Gasteiger partial charge in [-0.05, 0) is 32.6 Å². The van der Waals surface area contributed by atoms with Gasteiger partial charge in [0.1, 0.15) is 6.54 Å². The summed E-state index contributed by atoms with van der Waals surface area (Å²) < 4.78 is 47.4. The van der Waals surface area contributed by atoms with Crippen LogP contribution in [-0.2, 0) is 41.6 Å². The van der Waals surface area contributed by atoms with Crippen molar-refractivity contribution in [2.24, 2.45) is 0 Å². The average molecular weight is 413 g/mol. The molecule has 0 radical (unpaired) electrons. The fraction of sp³-hybridized carbons (Fsp3) is 0.556. The topological polar surface area (TPSA) is 91.0 Å². The Morgan fingerprint density at radius 1 is 1.21 bits per heavy atom. The van der Waals surface area contributed by atoms with Crippen LogP contribution in [-0.4, -0.2) is 38.5 Å². The van der Waals surface area contributed by atoms with E-state index in [1.165, 1.54) is 18.0 Å². The van der Waals surface area contributed by atoms with Crippen LogP contribution < -0.4 is 5.32 Å². The molecule has 0 aliphatic heterocycles. The van der Waals surface area contributed by atoms with Gasteiger partial charge >= 0.3 is 12.1 Å². The lowest BCUT2D eigenvalue weighted by atomic mass is 10.1. The van der Waals surface area contributed by atoms with Gasteiger partial charge in [0.25, 0.3) is 0 Å². The quantitative estimate of drug-likeness (QED) is 0.601. The molecule has 158 valence electrons. The largest absolute Gasteiger partial charge is 0.464 e. The first-order chi connectivity index (χ1) is 13.7. The van der Waals surface area contributed by atoms with Crippen LogP contribution in [0, 0.1) is 0 Å². The second kappa shape index (κ2) is 8.26. The number of carbonyl (C=O) groups is 2. The van der Waals surface area contributed by atoms with Gasteiger partial charge in [-0.3, -0.25) is 14.2 Å². The molecule has 0 atom stereocenters. The summed E-state index contributed by atoms with van der Waals surface area (Å²) in [7, 11) is 1.19. The molecule has 1 N–H and O–H groups in total. The number of nitrogens with one attached hydrogen (secondary N) is 1. The van der Waals surface area contributed by atoms with Crippen molar-refractivity contribution in [2.75, 3.05) is 12.4 Å². The predicted molar refractivity (Wildman–Crippen MR) is 96.4 cm³/mol. The maximum Gasteiger partial charge on any atom is 0.435 e. The number of anilines is 1. The molecule has 1 amide bonds. The number of alkyl halides is 3. The molecule has 0 saturated heterocycles. The van der Waals surface area contributed by atoms with E-state index in [0.29, 0.717) is 31.5 Å². The molecule has 11 heteroatoms.